The molecule has 1 amide bonds. The van der Waals surface area contributed by atoms with Crippen molar-refractivity contribution in [2.24, 2.45) is 5.92 Å². The van der Waals surface area contributed by atoms with Crippen LogP contribution in [0, 0.1) is 19.8 Å². The topological polar surface area (TPSA) is 55.8 Å². The fourth-order valence-corrected chi connectivity index (χ4v) is 6.41. The highest BCUT2D eigenvalue weighted by molar-refractivity contribution is 5.99. The van der Waals surface area contributed by atoms with Gasteiger partial charge in [-0.25, -0.2) is 4.79 Å². The molecule has 6 rings (SSSR count). The number of carbonyl (C=O) groups excluding carboxylic acids is 2. The molecular weight excluding hydrogens is 450 g/mol. The second-order valence-electron chi connectivity index (χ2n) is 10.4. The van der Waals surface area contributed by atoms with Gasteiger partial charge in [0.05, 0.1) is 25.3 Å². The first-order chi connectivity index (χ1) is 17.5. The van der Waals surface area contributed by atoms with E-state index in [1.807, 2.05) is 43.0 Å². The normalized spacial score (nSPS) is 22.6. The first-order valence-electron chi connectivity index (χ1n) is 12.8. The Morgan fingerprint density at radius 2 is 1.50 bits per heavy atom. The number of fused-ring (bicyclic) bond motifs is 5. The maximum atomic E-state index is 13.4. The number of hydrogen-bond donors (Lipinski definition) is 0. The summed E-state index contributed by atoms with van der Waals surface area (Å²) in [4.78, 5) is 28.6. The van der Waals surface area contributed by atoms with Crippen LogP contribution in [0.2, 0.25) is 0 Å². The summed E-state index contributed by atoms with van der Waals surface area (Å²) in [5.41, 5.74) is 7.79. The first kappa shape index (κ1) is 23.0. The van der Waals surface area contributed by atoms with Gasteiger partial charge >= 0.3 is 6.09 Å². The van der Waals surface area contributed by atoms with E-state index in [0.717, 1.165) is 16.7 Å². The van der Waals surface area contributed by atoms with Crippen molar-refractivity contribution in [1.29, 1.82) is 0 Å². The molecule has 2 atom stereocenters. The smallest absolute Gasteiger partial charge is 0.410 e. The summed E-state index contributed by atoms with van der Waals surface area (Å²) < 4.78 is 11.8. The van der Waals surface area contributed by atoms with Crippen LogP contribution in [0.1, 0.15) is 51.4 Å². The Kier molecular flexibility index (Phi) is 5.88. The summed E-state index contributed by atoms with van der Waals surface area (Å²) >= 11 is 0. The molecule has 0 spiro atoms. The summed E-state index contributed by atoms with van der Waals surface area (Å²) in [5, 5.41) is 0. The summed E-state index contributed by atoms with van der Waals surface area (Å²) in [7, 11) is 0. The SMILES string of the molecule is Cc1ccc(C(=O)C2CC3COCC(C2)N3C(=O)OCC2c3ccccc3-c3ccccc32)c(C)c1. The fourth-order valence-electron chi connectivity index (χ4n) is 6.41. The number of benzene rings is 3. The molecule has 36 heavy (non-hydrogen) atoms. The Morgan fingerprint density at radius 3 is 2.11 bits per heavy atom. The molecule has 3 aromatic carbocycles. The third-order valence-electron chi connectivity index (χ3n) is 8.09. The average Bonchev–Trinajstić information content (AvgIpc) is 3.20. The van der Waals surface area contributed by atoms with Gasteiger partial charge in [-0.15, -0.1) is 0 Å². The molecule has 3 aromatic rings. The number of Topliss-reactive ketones (excluding diaryl/α,β-unsaturated/α-hetero) is 1. The van der Waals surface area contributed by atoms with E-state index in [1.54, 1.807) is 0 Å². The van der Waals surface area contributed by atoms with Crippen LogP contribution in [0.15, 0.2) is 66.7 Å². The molecule has 2 saturated heterocycles. The number of piperidine rings is 1. The summed E-state index contributed by atoms with van der Waals surface area (Å²) in [6, 6.07) is 22.4. The second kappa shape index (κ2) is 9.21. The van der Waals surface area contributed by atoms with Gasteiger partial charge in [0, 0.05) is 17.4 Å². The average molecular weight is 482 g/mol. The number of rotatable bonds is 4. The highest BCUT2D eigenvalue weighted by Crippen LogP contribution is 2.44. The molecule has 5 nitrogen and oxygen atoms in total. The molecule has 184 valence electrons. The lowest BCUT2D eigenvalue weighted by Crippen LogP contribution is -2.60. The summed E-state index contributed by atoms with van der Waals surface area (Å²) in [5.74, 6) is 0.0978. The van der Waals surface area contributed by atoms with Crippen molar-refractivity contribution in [3.8, 4) is 11.1 Å². The van der Waals surface area contributed by atoms with Crippen molar-refractivity contribution in [3.05, 3.63) is 94.5 Å². The van der Waals surface area contributed by atoms with E-state index < -0.39 is 0 Å². The third-order valence-corrected chi connectivity index (χ3v) is 8.09. The molecule has 2 fully saturated rings. The number of amides is 1. The molecule has 2 unspecified atom stereocenters. The monoisotopic (exact) mass is 481 g/mol. The minimum atomic E-state index is -0.299. The molecule has 0 N–H and O–H groups in total. The van der Waals surface area contributed by atoms with Gasteiger partial charge in [-0.2, -0.15) is 0 Å². The molecule has 2 heterocycles. The molecule has 0 radical (unpaired) electrons. The standard InChI is InChI=1S/C31H31NO4/c1-19-11-12-24(20(2)13-19)30(33)21-14-22-16-35-17-23(15-21)32(22)31(34)36-18-29-27-9-5-3-7-25(27)26-8-4-6-10-28(26)29/h3-13,21-23,29H,14-18H2,1-2H3. The van der Waals surface area contributed by atoms with E-state index in [4.69, 9.17) is 9.47 Å². The second-order valence-corrected chi connectivity index (χ2v) is 10.4. The molecule has 5 heteroatoms. The van der Waals surface area contributed by atoms with Crippen LogP contribution in [-0.4, -0.2) is 48.7 Å². The van der Waals surface area contributed by atoms with Gasteiger partial charge in [-0.1, -0.05) is 72.3 Å². The van der Waals surface area contributed by atoms with Gasteiger partial charge in [0.1, 0.15) is 6.61 Å². The van der Waals surface area contributed by atoms with Crippen LogP contribution in [0.4, 0.5) is 4.79 Å². The van der Waals surface area contributed by atoms with E-state index in [0.29, 0.717) is 32.7 Å². The Balaban J connectivity index is 1.17. The highest BCUT2D eigenvalue weighted by Gasteiger charge is 2.45. The van der Waals surface area contributed by atoms with Crippen LogP contribution in [0.5, 0.6) is 0 Å². The summed E-state index contributed by atoms with van der Waals surface area (Å²) in [6.07, 6.45) is 0.909. The van der Waals surface area contributed by atoms with Crippen LogP contribution >= 0.6 is 0 Å². The number of hydrogen-bond acceptors (Lipinski definition) is 4. The largest absolute Gasteiger partial charge is 0.448 e. The van der Waals surface area contributed by atoms with Crippen LogP contribution < -0.4 is 0 Å². The molecule has 1 aliphatic carbocycles. The zero-order chi connectivity index (χ0) is 24.8. The lowest BCUT2D eigenvalue weighted by Gasteiger charge is -2.47. The van der Waals surface area contributed by atoms with Gasteiger partial charge in [-0.3, -0.25) is 9.69 Å². The van der Waals surface area contributed by atoms with Crippen molar-refractivity contribution in [3.63, 3.8) is 0 Å². The van der Waals surface area contributed by atoms with E-state index in [2.05, 4.69) is 42.5 Å². The van der Waals surface area contributed by atoms with E-state index >= 15 is 0 Å². The minimum Gasteiger partial charge on any atom is -0.448 e. The van der Waals surface area contributed by atoms with E-state index in [1.165, 1.54) is 22.3 Å². The Morgan fingerprint density at radius 1 is 0.889 bits per heavy atom. The molecule has 2 aliphatic heterocycles. The molecule has 0 saturated carbocycles. The van der Waals surface area contributed by atoms with Crippen molar-refractivity contribution in [2.75, 3.05) is 19.8 Å². The zero-order valence-electron chi connectivity index (χ0n) is 20.8. The maximum Gasteiger partial charge on any atom is 0.410 e. The van der Waals surface area contributed by atoms with Crippen molar-refractivity contribution in [1.82, 2.24) is 4.90 Å². The van der Waals surface area contributed by atoms with Gasteiger partial charge in [0.15, 0.2) is 5.78 Å². The number of carbonyl (C=O) groups is 2. The minimum absolute atomic E-state index is 0.0288. The fraction of sp³-hybridized carbons (Fsp3) is 0.355. The number of aryl methyl sites for hydroxylation is 2. The van der Waals surface area contributed by atoms with Gasteiger partial charge in [0.25, 0.3) is 0 Å². The van der Waals surface area contributed by atoms with Gasteiger partial charge < -0.3 is 9.47 Å². The van der Waals surface area contributed by atoms with Crippen molar-refractivity contribution in [2.45, 2.75) is 44.7 Å². The van der Waals surface area contributed by atoms with Crippen molar-refractivity contribution >= 4 is 11.9 Å². The predicted octanol–water partition coefficient (Wildman–Crippen LogP) is 5.91. The van der Waals surface area contributed by atoms with Crippen LogP contribution in [0.3, 0.4) is 0 Å². The molecule has 3 aliphatic rings. The van der Waals surface area contributed by atoms with Gasteiger partial charge in [0.2, 0.25) is 0 Å². The Hall–Kier alpha value is -3.44. The quantitative estimate of drug-likeness (QED) is 0.435. The van der Waals surface area contributed by atoms with E-state index in [9.17, 15) is 9.59 Å². The maximum absolute atomic E-state index is 13.4. The number of morpholine rings is 1. The van der Waals surface area contributed by atoms with Crippen LogP contribution in [0.25, 0.3) is 11.1 Å². The lowest BCUT2D eigenvalue weighted by molar-refractivity contribution is -0.0747. The Labute approximate surface area is 212 Å². The predicted molar refractivity (Wildman–Crippen MR) is 138 cm³/mol. The van der Waals surface area contributed by atoms with E-state index in [-0.39, 0.29) is 35.8 Å². The number of nitrogens with zero attached hydrogens (tertiary/aromatic N) is 1. The zero-order valence-corrected chi connectivity index (χ0v) is 20.8. The lowest BCUT2D eigenvalue weighted by atomic mass is 9.80. The Bertz CT molecular complexity index is 1270. The first-order valence-corrected chi connectivity index (χ1v) is 12.8. The summed E-state index contributed by atoms with van der Waals surface area (Å²) in [6.45, 7) is 5.22. The number of ketones is 1. The highest BCUT2D eigenvalue weighted by atomic mass is 16.6. The number of ether oxygens (including phenoxy) is 2. The van der Waals surface area contributed by atoms with Crippen molar-refractivity contribution < 1.29 is 19.1 Å². The van der Waals surface area contributed by atoms with Crippen LogP contribution in [-0.2, 0) is 9.47 Å². The van der Waals surface area contributed by atoms with Gasteiger partial charge in [-0.05, 0) is 54.5 Å². The molecule has 0 aromatic heterocycles. The molecule has 2 bridgehead atoms. The molecular formula is C31H31NO4. The third kappa shape index (κ3) is 3.92.